The van der Waals surface area contributed by atoms with Gasteiger partial charge < -0.3 is 11.1 Å². The molecular weight excluding hydrogens is 298 g/mol. The fourth-order valence-corrected chi connectivity index (χ4v) is 3.62. The molecule has 1 aromatic rings. The number of rotatable bonds is 3. The Morgan fingerprint density at radius 2 is 2.24 bits per heavy atom. The molecule has 3 N–H and O–H groups in total. The second kappa shape index (κ2) is 5.78. The van der Waals surface area contributed by atoms with Crippen molar-refractivity contribution < 1.29 is 0 Å². The molecule has 0 saturated carbocycles. The van der Waals surface area contributed by atoms with E-state index in [0.29, 0.717) is 17.8 Å². The Morgan fingerprint density at radius 3 is 2.88 bits per heavy atom. The van der Waals surface area contributed by atoms with Crippen LogP contribution in [0.5, 0.6) is 0 Å². The number of nitrogens with two attached hydrogens (primary N) is 1. The van der Waals surface area contributed by atoms with E-state index < -0.39 is 0 Å². The van der Waals surface area contributed by atoms with Gasteiger partial charge in [0, 0.05) is 22.3 Å². The highest BCUT2D eigenvalue weighted by Gasteiger charge is 2.27. The number of halogens is 1. The van der Waals surface area contributed by atoms with Crippen molar-refractivity contribution in [2.45, 2.75) is 24.8 Å². The molecule has 5 heteroatoms. The predicted octanol–water partition coefficient (Wildman–Crippen LogP) is 2.61. The van der Waals surface area contributed by atoms with Gasteiger partial charge in [-0.2, -0.15) is 0 Å². The van der Waals surface area contributed by atoms with Crippen LogP contribution in [0, 0.1) is 0 Å². The van der Waals surface area contributed by atoms with Gasteiger partial charge in [-0.25, -0.2) is 0 Å². The van der Waals surface area contributed by atoms with Crippen molar-refractivity contribution in [1.82, 2.24) is 5.32 Å². The number of anilines is 1. The second-order valence-electron chi connectivity index (χ2n) is 4.06. The minimum Gasteiger partial charge on any atom is -0.398 e. The first-order chi connectivity index (χ1) is 8.20. The molecule has 0 aliphatic carbocycles. The zero-order chi connectivity index (χ0) is 12.3. The molecule has 3 nitrogen and oxygen atoms in total. The van der Waals surface area contributed by atoms with Gasteiger partial charge in [-0.15, -0.1) is 0 Å². The highest BCUT2D eigenvalue weighted by atomic mass is 79.9. The van der Waals surface area contributed by atoms with Crippen molar-refractivity contribution in [3.05, 3.63) is 29.8 Å². The molecular formula is C12H16BrN3S. The maximum Gasteiger partial charge on any atom is 0.157 e. The van der Waals surface area contributed by atoms with E-state index in [0.717, 1.165) is 21.7 Å². The Kier molecular flexibility index (Phi) is 4.34. The molecule has 1 aliphatic rings. The SMILES string of the molecule is CC1NC(=NCc2ccccc2N)SC1CBr. The van der Waals surface area contributed by atoms with Crippen LogP contribution in [0.3, 0.4) is 0 Å². The summed E-state index contributed by atoms with van der Waals surface area (Å²) in [6.07, 6.45) is 0. The molecule has 17 heavy (non-hydrogen) atoms. The van der Waals surface area contributed by atoms with E-state index in [1.165, 1.54) is 0 Å². The van der Waals surface area contributed by atoms with E-state index in [2.05, 4.69) is 33.2 Å². The quantitative estimate of drug-likeness (QED) is 0.666. The molecule has 2 rings (SSSR count). The van der Waals surface area contributed by atoms with Crippen LogP contribution in [0.25, 0.3) is 0 Å². The van der Waals surface area contributed by atoms with Gasteiger partial charge in [0.25, 0.3) is 0 Å². The monoisotopic (exact) mass is 313 g/mol. The number of hydrogen-bond donors (Lipinski definition) is 2. The Morgan fingerprint density at radius 1 is 1.47 bits per heavy atom. The Hall–Kier alpha value is -0.680. The number of amidine groups is 1. The van der Waals surface area contributed by atoms with E-state index in [9.17, 15) is 0 Å². The van der Waals surface area contributed by atoms with Crippen molar-refractivity contribution >= 4 is 38.5 Å². The Labute approximate surface area is 114 Å². The van der Waals surface area contributed by atoms with Crippen LogP contribution in [0.1, 0.15) is 12.5 Å². The van der Waals surface area contributed by atoms with Crippen LogP contribution in [0.2, 0.25) is 0 Å². The number of thioether (sulfide) groups is 1. The molecule has 0 amide bonds. The van der Waals surface area contributed by atoms with Crippen molar-refractivity contribution in [1.29, 1.82) is 0 Å². The Bertz CT molecular complexity index is 422. The molecule has 2 unspecified atom stereocenters. The molecule has 92 valence electrons. The normalized spacial score (nSPS) is 26.1. The number of aliphatic imine (C=N–C) groups is 1. The third-order valence-corrected chi connectivity index (χ3v) is 5.25. The van der Waals surface area contributed by atoms with Crippen molar-refractivity contribution in [2.24, 2.45) is 4.99 Å². The van der Waals surface area contributed by atoms with Gasteiger partial charge in [0.2, 0.25) is 0 Å². The Balaban J connectivity index is 2.01. The van der Waals surface area contributed by atoms with Crippen LogP contribution in [-0.4, -0.2) is 21.8 Å². The maximum absolute atomic E-state index is 5.88. The maximum atomic E-state index is 5.88. The lowest BCUT2D eigenvalue weighted by molar-refractivity contribution is 0.684. The number of nitrogen functional groups attached to an aromatic ring is 1. The van der Waals surface area contributed by atoms with Gasteiger partial charge in [-0.1, -0.05) is 45.9 Å². The average Bonchev–Trinajstić information content (AvgIpc) is 2.69. The first-order valence-electron chi connectivity index (χ1n) is 5.57. The molecule has 0 bridgehead atoms. The highest BCUT2D eigenvalue weighted by molar-refractivity contribution is 9.09. The van der Waals surface area contributed by atoms with Gasteiger partial charge >= 0.3 is 0 Å². The number of nitrogens with one attached hydrogen (secondary N) is 1. The van der Waals surface area contributed by atoms with Crippen LogP contribution in [-0.2, 0) is 6.54 Å². The topological polar surface area (TPSA) is 50.4 Å². The molecule has 0 spiro atoms. The molecule has 1 aromatic carbocycles. The van der Waals surface area contributed by atoms with Crippen LogP contribution in [0.4, 0.5) is 5.69 Å². The average molecular weight is 314 g/mol. The van der Waals surface area contributed by atoms with Crippen molar-refractivity contribution in [3.8, 4) is 0 Å². The van der Waals surface area contributed by atoms with Crippen molar-refractivity contribution in [3.63, 3.8) is 0 Å². The van der Waals surface area contributed by atoms with Crippen molar-refractivity contribution in [2.75, 3.05) is 11.1 Å². The molecule has 2 atom stereocenters. The lowest BCUT2D eigenvalue weighted by Crippen LogP contribution is -2.28. The smallest absolute Gasteiger partial charge is 0.157 e. The van der Waals surface area contributed by atoms with Gasteiger partial charge in [-0.3, -0.25) is 4.99 Å². The summed E-state index contributed by atoms with van der Waals surface area (Å²) in [5.74, 6) is 0. The van der Waals surface area contributed by atoms with E-state index in [-0.39, 0.29) is 0 Å². The van der Waals surface area contributed by atoms with Gasteiger partial charge in [0.05, 0.1) is 6.54 Å². The number of hydrogen-bond acceptors (Lipinski definition) is 3. The molecule has 1 aliphatic heterocycles. The van der Waals surface area contributed by atoms with Gasteiger partial charge in [0.15, 0.2) is 5.17 Å². The number of nitrogens with zero attached hydrogens (tertiary/aromatic N) is 1. The standard InChI is InChI=1S/C12H16BrN3S/c1-8-11(6-13)17-12(16-8)15-7-9-4-2-3-5-10(9)14/h2-5,8,11H,6-7,14H2,1H3,(H,15,16). The van der Waals surface area contributed by atoms with Crippen LogP contribution >= 0.6 is 27.7 Å². The molecule has 0 aromatic heterocycles. The van der Waals surface area contributed by atoms with E-state index in [4.69, 9.17) is 5.73 Å². The fraction of sp³-hybridized carbons (Fsp3) is 0.417. The number of benzene rings is 1. The summed E-state index contributed by atoms with van der Waals surface area (Å²) in [5.41, 5.74) is 7.77. The summed E-state index contributed by atoms with van der Waals surface area (Å²) in [6, 6.07) is 8.33. The fourth-order valence-electron chi connectivity index (χ4n) is 1.65. The summed E-state index contributed by atoms with van der Waals surface area (Å²) in [5, 5.41) is 5.95. The number of alkyl halides is 1. The minimum atomic E-state index is 0.464. The summed E-state index contributed by atoms with van der Waals surface area (Å²) in [4.78, 5) is 4.57. The highest BCUT2D eigenvalue weighted by Crippen LogP contribution is 2.25. The molecule has 0 radical (unpaired) electrons. The molecule has 1 heterocycles. The zero-order valence-corrected chi connectivity index (χ0v) is 12.1. The van der Waals surface area contributed by atoms with Crippen LogP contribution < -0.4 is 11.1 Å². The third-order valence-electron chi connectivity index (χ3n) is 2.77. The molecule has 1 fully saturated rings. The van der Waals surface area contributed by atoms with E-state index in [1.54, 1.807) is 11.8 Å². The summed E-state index contributed by atoms with van der Waals surface area (Å²) >= 11 is 5.31. The minimum absolute atomic E-state index is 0.464. The second-order valence-corrected chi connectivity index (χ2v) is 5.94. The first kappa shape index (κ1) is 12.8. The zero-order valence-electron chi connectivity index (χ0n) is 9.69. The predicted molar refractivity (Wildman–Crippen MR) is 79.8 cm³/mol. The molecule has 1 saturated heterocycles. The summed E-state index contributed by atoms with van der Waals surface area (Å²) in [6.45, 7) is 2.82. The lowest BCUT2D eigenvalue weighted by atomic mass is 10.2. The van der Waals surface area contributed by atoms with Gasteiger partial charge in [-0.05, 0) is 18.6 Å². The van der Waals surface area contributed by atoms with Gasteiger partial charge in [0.1, 0.15) is 0 Å². The summed E-state index contributed by atoms with van der Waals surface area (Å²) in [7, 11) is 0. The number of para-hydroxylation sites is 1. The van der Waals surface area contributed by atoms with E-state index in [1.807, 2.05) is 24.3 Å². The largest absolute Gasteiger partial charge is 0.398 e. The lowest BCUT2D eigenvalue weighted by Gasteiger charge is -2.07. The van der Waals surface area contributed by atoms with Crippen LogP contribution in [0.15, 0.2) is 29.3 Å². The summed E-state index contributed by atoms with van der Waals surface area (Å²) < 4.78 is 0. The first-order valence-corrected chi connectivity index (χ1v) is 7.58. The van der Waals surface area contributed by atoms with E-state index >= 15 is 0 Å². The third kappa shape index (κ3) is 3.16.